The molecule has 0 spiro atoms. The Hall–Kier alpha value is -3.90. The smallest absolute Gasteiger partial charge is 0.00643 e. The van der Waals surface area contributed by atoms with Gasteiger partial charge in [0, 0.05) is 0 Å². The van der Waals surface area contributed by atoms with E-state index < -0.39 is 0 Å². The Labute approximate surface area is 216 Å². The maximum atomic E-state index is 2.49. The van der Waals surface area contributed by atoms with Crippen molar-refractivity contribution in [3.8, 4) is 44.5 Å². The van der Waals surface area contributed by atoms with Crippen LogP contribution in [-0.2, 0) is 12.8 Å². The van der Waals surface area contributed by atoms with Crippen LogP contribution < -0.4 is 0 Å². The largest absolute Gasteiger partial charge is 0.0651 e. The lowest BCUT2D eigenvalue weighted by Gasteiger charge is -2.24. The summed E-state index contributed by atoms with van der Waals surface area (Å²) in [5, 5.41) is 0. The highest BCUT2D eigenvalue weighted by Gasteiger charge is 2.21. The minimum absolute atomic E-state index is 1.05. The van der Waals surface area contributed by atoms with Gasteiger partial charge in [-0.15, -0.1) is 0 Å². The van der Waals surface area contributed by atoms with Crippen LogP contribution in [0.15, 0.2) is 121 Å². The second kappa shape index (κ2) is 11.2. The molecule has 0 nitrogen and oxygen atoms in total. The highest BCUT2D eigenvalue weighted by Crippen LogP contribution is 2.44. The van der Waals surface area contributed by atoms with Crippen LogP contribution in [0.3, 0.4) is 0 Å². The van der Waals surface area contributed by atoms with Gasteiger partial charge in [0.25, 0.3) is 0 Å². The van der Waals surface area contributed by atoms with Crippen molar-refractivity contribution in [2.75, 3.05) is 0 Å². The van der Waals surface area contributed by atoms with E-state index in [0.717, 1.165) is 25.7 Å². The first-order valence-corrected chi connectivity index (χ1v) is 13.3. The van der Waals surface area contributed by atoms with Crippen LogP contribution in [0, 0.1) is 0 Å². The Balaban J connectivity index is 1.77. The zero-order chi connectivity index (χ0) is 24.7. The molecule has 0 aliphatic rings. The first kappa shape index (κ1) is 23.8. The first-order chi connectivity index (χ1) is 17.8. The van der Waals surface area contributed by atoms with E-state index in [2.05, 4.69) is 135 Å². The Kier molecular flexibility index (Phi) is 7.43. The minimum atomic E-state index is 1.05. The molecule has 0 heteroatoms. The Bertz CT molecular complexity index is 1400. The zero-order valence-electron chi connectivity index (χ0n) is 21.4. The molecular formula is C36H34. The number of aryl methyl sites for hydroxylation is 1. The fourth-order valence-electron chi connectivity index (χ4n) is 5.34. The standard InChI is InChI=1S/C36H34/c1-3-14-32-26-34(29-24-22-28(23-25-29)27-16-8-5-9-17-27)33(15-4-2)36(31-20-12-7-13-21-31)35(32)30-18-10-6-11-19-30/h5-13,16-26H,3-4,14-15H2,1-2H3. The second-order valence-electron chi connectivity index (χ2n) is 9.49. The van der Waals surface area contributed by atoms with Crippen molar-refractivity contribution < 1.29 is 0 Å². The van der Waals surface area contributed by atoms with E-state index >= 15 is 0 Å². The molecular weight excluding hydrogens is 432 g/mol. The van der Waals surface area contributed by atoms with E-state index in [9.17, 15) is 0 Å². The van der Waals surface area contributed by atoms with Gasteiger partial charge in [0.05, 0.1) is 0 Å². The van der Waals surface area contributed by atoms with Crippen LogP contribution in [-0.4, -0.2) is 0 Å². The second-order valence-corrected chi connectivity index (χ2v) is 9.49. The lowest BCUT2D eigenvalue weighted by molar-refractivity contribution is 0.909. The van der Waals surface area contributed by atoms with Crippen molar-refractivity contribution in [3.05, 3.63) is 132 Å². The predicted octanol–water partition coefficient (Wildman–Crippen LogP) is 10.3. The van der Waals surface area contributed by atoms with Crippen LogP contribution in [0.5, 0.6) is 0 Å². The van der Waals surface area contributed by atoms with Crippen LogP contribution in [0.1, 0.15) is 37.8 Å². The summed E-state index contributed by atoms with van der Waals surface area (Å²) in [5.74, 6) is 0. The molecule has 0 unspecified atom stereocenters. The van der Waals surface area contributed by atoms with E-state index in [1.54, 1.807) is 0 Å². The van der Waals surface area contributed by atoms with Gasteiger partial charge in [-0.1, -0.05) is 148 Å². The number of hydrogen-bond acceptors (Lipinski definition) is 0. The summed E-state index contributed by atoms with van der Waals surface area (Å²) in [6.07, 6.45) is 4.33. The molecule has 0 saturated carbocycles. The summed E-state index contributed by atoms with van der Waals surface area (Å²) in [6.45, 7) is 4.57. The molecule has 36 heavy (non-hydrogen) atoms. The molecule has 0 N–H and O–H groups in total. The van der Waals surface area contributed by atoms with Crippen LogP contribution in [0.25, 0.3) is 44.5 Å². The van der Waals surface area contributed by atoms with Gasteiger partial charge in [-0.05, 0) is 68.5 Å². The average molecular weight is 467 g/mol. The Morgan fingerprint density at radius 2 is 0.861 bits per heavy atom. The fourth-order valence-corrected chi connectivity index (χ4v) is 5.34. The summed E-state index contributed by atoms with van der Waals surface area (Å²) in [7, 11) is 0. The maximum absolute atomic E-state index is 2.49. The topological polar surface area (TPSA) is 0 Å². The molecule has 0 aliphatic heterocycles. The van der Waals surface area contributed by atoms with Gasteiger partial charge in [-0.3, -0.25) is 0 Å². The molecule has 0 aliphatic carbocycles. The normalized spacial score (nSPS) is 10.9. The predicted molar refractivity (Wildman–Crippen MR) is 156 cm³/mol. The average Bonchev–Trinajstić information content (AvgIpc) is 2.95. The minimum Gasteiger partial charge on any atom is -0.0651 e. The molecule has 0 heterocycles. The van der Waals surface area contributed by atoms with Crippen molar-refractivity contribution in [2.24, 2.45) is 0 Å². The quantitative estimate of drug-likeness (QED) is 0.213. The molecule has 178 valence electrons. The summed E-state index contributed by atoms with van der Waals surface area (Å²) >= 11 is 0. The van der Waals surface area contributed by atoms with E-state index in [-0.39, 0.29) is 0 Å². The third kappa shape index (κ3) is 4.90. The molecule has 0 aromatic heterocycles. The van der Waals surface area contributed by atoms with Crippen LogP contribution >= 0.6 is 0 Å². The summed E-state index contributed by atoms with van der Waals surface area (Å²) in [4.78, 5) is 0. The lowest BCUT2D eigenvalue weighted by Crippen LogP contribution is -2.02. The monoisotopic (exact) mass is 466 g/mol. The van der Waals surface area contributed by atoms with Crippen molar-refractivity contribution in [3.63, 3.8) is 0 Å². The molecule has 5 aromatic rings. The van der Waals surface area contributed by atoms with Gasteiger partial charge in [0.15, 0.2) is 0 Å². The van der Waals surface area contributed by atoms with Crippen LogP contribution in [0.4, 0.5) is 0 Å². The molecule has 5 aromatic carbocycles. The molecule has 0 atom stereocenters. The van der Waals surface area contributed by atoms with E-state index in [0.29, 0.717) is 0 Å². The zero-order valence-corrected chi connectivity index (χ0v) is 21.4. The highest BCUT2D eigenvalue weighted by molar-refractivity contribution is 5.93. The van der Waals surface area contributed by atoms with Gasteiger partial charge in [-0.25, -0.2) is 0 Å². The molecule has 0 fully saturated rings. The molecule has 0 saturated heterocycles. The third-order valence-electron chi connectivity index (χ3n) is 6.96. The summed E-state index contributed by atoms with van der Waals surface area (Å²) < 4.78 is 0. The number of benzene rings is 5. The molecule has 0 radical (unpaired) electrons. The van der Waals surface area contributed by atoms with Crippen molar-refractivity contribution >= 4 is 0 Å². The highest BCUT2D eigenvalue weighted by atomic mass is 14.2. The van der Waals surface area contributed by atoms with E-state index in [1.165, 1.54) is 55.6 Å². The number of hydrogen-bond donors (Lipinski definition) is 0. The maximum Gasteiger partial charge on any atom is -0.00643 e. The summed E-state index contributed by atoms with van der Waals surface area (Å²) in [6, 6.07) is 44.3. The first-order valence-electron chi connectivity index (χ1n) is 13.3. The van der Waals surface area contributed by atoms with Crippen LogP contribution in [0.2, 0.25) is 0 Å². The van der Waals surface area contributed by atoms with Gasteiger partial charge >= 0.3 is 0 Å². The van der Waals surface area contributed by atoms with Crippen molar-refractivity contribution in [1.82, 2.24) is 0 Å². The molecule has 0 bridgehead atoms. The van der Waals surface area contributed by atoms with Crippen molar-refractivity contribution in [1.29, 1.82) is 0 Å². The van der Waals surface area contributed by atoms with Gasteiger partial charge in [-0.2, -0.15) is 0 Å². The SMILES string of the molecule is CCCc1cc(-c2ccc(-c3ccccc3)cc2)c(CCC)c(-c2ccccc2)c1-c1ccccc1. The lowest BCUT2D eigenvalue weighted by atomic mass is 9.80. The van der Waals surface area contributed by atoms with E-state index in [1.807, 2.05) is 0 Å². The summed E-state index contributed by atoms with van der Waals surface area (Å²) in [5.41, 5.74) is 13.5. The fraction of sp³-hybridized carbons (Fsp3) is 0.167. The van der Waals surface area contributed by atoms with Gasteiger partial charge in [0.2, 0.25) is 0 Å². The van der Waals surface area contributed by atoms with Gasteiger partial charge in [0.1, 0.15) is 0 Å². The van der Waals surface area contributed by atoms with E-state index in [4.69, 9.17) is 0 Å². The number of rotatable bonds is 8. The Morgan fingerprint density at radius 3 is 1.39 bits per heavy atom. The Morgan fingerprint density at radius 1 is 0.417 bits per heavy atom. The molecule has 0 amide bonds. The molecule has 5 rings (SSSR count). The van der Waals surface area contributed by atoms with Gasteiger partial charge < -0.3 is 0 Å². The third-order valence-corrected chi connectivity index (χ3v) is 6.96. The van der Waals surface area contributed by atoms with Crippen molar-refractivity contribution in [2.45, 2.75) is 39.5 Å².